The molecule has 3 heteroatoms. The van der Waals surface area contributed by atoms with Crippen molar-refractivity contribution in [1.82, 2.24) is 0 Å². The van der Waals surface area contributed by atoms with Crippen LogP contribution in [0.3, 0.4) is 0 Å². The fourth-order valence-corrected chi connectivity index (χ4v) is 8.03. The molecule has 0 saturated heterocycles. The van der Waals surface area contributed by atoms with Crippen molar-refractivity contribution >= 4 is 11.4 Å². The Morgan fingerprint density at radius 1 is 0.939 bits per heavy atom. The highest BCUT2D eigenvalue weighted by Gasteiger charge is 2.50. The fraction of sp³-hybridized carbons (Fsp3) is 0.567. The Morgan fingerprint density at radius 2 is 1.64 bits per heavy atom. The Morgan fingerprint density at radius 3 is 2.27 bits per heavy atom. The van der Waals surface area contributed by atoms with Crippen LogP contribution in [0.2, 0.25) is 0 Å². The molecule has 1 aliphatic heterocycles. The van der Waals surface area contributed by atoms with Gasteiger partial charge in [-0.3, -0.25) is 4.99 Å². The quantitative estimate of drug-likeness (QED) is 0.546. The van der Waals surface area contributed by atoms with Crippen LogP contribution >= 0.6 is 0 Å². The van der Waals surface area contributed by atoms with Crippen molar-refractivity contribution < 1.29 is 4.74 Å². The van der Waals surface area contributed by atoms with Crippen molar-refractivity contribution in [3.05, 3.63) is 59.2 Å². The third-order valence-corrected chi connectivity index (χ3v) is 9.24. The highest BCUT2D eigenvalue weighted by Crippen LogP contribution is 2.56. The van der Waals surface area contributed by atoms with Gasteiger partial charge in [-0.1, -0.05) is 25.0 Å². The van der Waals surface area contributed by atoms with Crippen molar-refractivity contribution in [1.29, 1.82) is 0 Å². The molecule has 1 heterocycles. The minimum atomic E-state index is 0.358. The second-order valence-electron chi connectivity index (χ2n) is 11.9. The second kappa shape index (κ2) is 7.61. The molecule has 0 radical (unpaired) electrons. The molecule has 5 fully saturated rings. The summed E-state index contributed by atoms with van der Waals surface area (Å²) in [6, 6.07) is 16.1. The van der Waals surface area contributed by atoms with Crippen LogP contribution in [-0.4, -0.2) is 24.4 Å². The summed E-state index contributed by atoms with van der Waals surface area (Å²) in [6.45, 7) is 0. The maximum Gasteiger partial charge on any atom is 0.119 e. The van der Waals surface area contributed by atoms with E-state index >= 15 is 0 Å². The molecular formula is C30H36N2O. The molecule has 0 aromatic heterocycles. The number of aliphatic imine (C=N–C) groups is 1. The summed E-state index contributed by atoms with van der Waals surface area (Å²) in [5.74, 6) is 4.75. The van der Waals surface area contributed by atoms with Crippen LogP contribution in [0.5, 0.6) is 5.75 Å². The van der Waals surface area contributed by atoms with Crippen LogP contribution in [0.1, 0.15) is 74.5 Å². The Labute approximate surface area is 198 Å². The summed E-state index contributed by atoms with van der Waals surface area (Å²) >= 11 is 0. The molecule has 8 rings (SSSR count). The van der Waals surface area contributed by atoms with Crippen molar-refractivity contribution in [2.75, 3.05) is 12.4 Å². The summed E-state index contributed by atoms with van der Waals surface area (Å²) in [6.07, 6.45) is 13.7. The van der Waals surface area contributed by atoms with Crippen LogP contribution in [0.15, 0.2) is 47.5 Å². The standard InChI is InChI=1S/C30H36N2O/c1-33-27-8-9-28-24(15-27)14-26(13-19-2-3-19)31-29(28)23-4-6-25(7-5-23)32-30-16-20-10-21(17-30)12-22(11-20)18-30/h4-9,15,19-22,26,32H,2-3,10-14,16-18H2,1H3. The number of ether oxygens (including phenoxy) is 1. The molecule has 0 spiro atoms. The summed E-state index contributed by atoms with van der Waals surface area (Å²) in [7, 11) is 1.76. The van der Waals surface area contributed by atoms with Crippen LogP contribution in [0, 0.1) is 23.7 Å². The van der Waals surface area contributed by atoms with Crippen molar-refractivity contribution in [3.8, 4) is 5.75 Å². The van der Waals surface area contributed by atoms with Crippen LogP contribution < -0.4 is 10.1 Å². The Hall–Kier alpha value is -2.29. The minimum Gasteiger partial charge on any atom is -0.497 e. The van der Waals surface area contributed by atoms with Crippen molar-refractivity contribution in [2.24, 2.45) is 28.7 Å². The number of anilines is 1. The predicted octanol–water partition coefficient (Wildman–Crippen LogP) is 6.64. The van der Waals surface area contributed by atoms with E-state index in [-0.39, 0.29) is 0 Å². The number of nitrogens with zero attached hydrogens (tertiary/aromatic N) is 1. The normalized spacial score (nSPS) is 34.0. The summed E-state index contributed by atoms with van der Waals surface area (Å²) in [5.41, 5.74) is 6.74. The SMILES string of the molecule is COc1ccc2c(c1)CC(CC1CC1)N=C2c1ccc(NC23CC4CC(CC(C4)C2)C3)cc1. The monoisotopic (exact) mass is 440 g/mol. The average molecular weight is 441 g/mol. The maximum absolute atomic E-state index is 5.53. The van der Waals surface area contributed by atoms with Gasteiger partial charge in [-0.15, -0.1) is 0 Å². The molecule has 6 aliphatic rings. The van der Waals surface area contributed by atoms with Crippen LogP contribution in [0.25, 0.3) is 0 Å². The third kappa shape index (κ3) is 3.78. The molecule has 1 N–H and O–H groups in total. The van der Waals surface area contributed by atoms with Gasteiger partial charge in [-0.05, 0) is 111 Å². The summed E-state index contributed by atoms with van der Waals surface area (Å²) < 4.78 is 5.53. The van der Waals surface area contributed by atoms with Crippen LogP contribution in [-0.2, 0) is 6.42 Å². The first-order valence-electron chi connectivity index (χ1n) is 13.3. The van der Waals surface area contributed by atoms with Gasteiger partial charge >= 0.3 is 0 Å². The number of hydrogen-bond acceptors (Lipinski definition) is 3. The van der Waals surface area contributed by atoms with Gasteiger partial charge < -0.3 is 10.1 Å². The zero-order valence-electron chi connectivity index (χ0n) is 19.9. The van der Waals surface area contributed by atoms with E-state index in [9.17, 15) is 0 Å². The van der Waals surface area contributed by atoms with E-state index in [4.69, 9.17) is 9.73 Å². The van der Waals surface area contributed by atoms with E-state index in [2.05, 4.69) is 47.8 Å². The van der Waals surface area contributed by atoms with E-state index in [1.54, 1.807) is 7.11 Å². The first kappa shape index (κ1) is 20.1. The number of nitrogens with one attached hydrogen (secondary N) is 1. The molecule has 1 unspecified atom stereocenters. The van der Waals surface area contributed by atoms with E-state index in [0.29, 0.717) is 11.6 Å². The van der Waals surface area contributed by atoms with Gasteiger partial charge in [-0.25, -0.2) is 0 Å². The summed E-state index contributed by atoms with van der Waals surface area (Å²) in [4.78, 5) is 5.29. The Bertz CT molecular complexity index is 1050. The lowest BCUT2D eigenvalue weighted by Gasteiger charge is -2.57. The number of rotatable bonds is 6. The highest BCUT2D eigenvalue weighted by molar-refractivity contribution is 6.14. The third-order valence-electron chi connectivity index (χ3n) is 9.24. The van der Waals surface area contributed by atoms with Gasteiger partial charge in [0.25, 0.3) is 0 Å². The molecular weight excluding hydrogens is 404 g/mol. The van der Waals surface area contributed by atoms with Crippen LogP contribution in [0.4, 0.5) is 5.69 Å². The van der Waals surface area contributed by atoms with Gasteiger partial charge in [0.15, 0.2) is 0 Å². The smallest absolute Gasteiger partial charge is 0.119 e. The van der Waals surface area contributed by atoms with Gasteiger partial charge in [0.2, 0.25) is 0 Å². The maximum atomic E-state index is 5.53. The van der Waals surface area contributed by atoms with Gasteiger partial charge in [0, 0.05) is 22.4 Å². The predicted molar refractivity (Wildman–Crippen MR) is 134 cm³/mol. The second-order valence-corrected chi connectivity index (χ2v) is 11.9. The molecule has 5 saturated carbocycles. The topological polar surface area (TPSA) is 33.6 Å². The zero-order chi connectivity index (χ0) is 22.0. The minimum absolute atomic E-state index is 0.358. The molecule has 1 atom stereocenters. The molecule has 2 aromatic carbocycles. The van der Waals surface area contributed by atoms with E-state index in [1.807, 2.05) is 0 Å². The lowest BCUT2D eigenvalue weighted by atomic mass is 9.53. The lowest BCUT2D eigenvalue weighted by molar-refractivity contribution is 0.0107. The van der Waals surface area contributed by atoms with Crippen molar-refractivity contribution in [3.63, 3.8) is 0 Å². The van der Waals surface area contributed by atoms with Gasteiger partial charge in [0.05, 0.1) is 18.9 Å². The number of benzene rings is 2. The average Bonchev–Trinajstić information content (AvgIpc) is 3.61. The van der Waals surface area contributed by atoms with E-state index in [0.717, 1.165) is 35.8 Å². The highest BCUT2D eigenvalue weighted by atomic mass is 16.5. The molecule has 2 aromatic rings. The summed E-state index contributed by atoms with van der Waals surface area (Å²) in [5, 5.41) is 4.04. The van der Waals surface area contributed by atoms with Gasteiger partial charge in [0.1, 0.15) is 5.75 Å². The van der Waals surface area contributed by atoms with E-state index in [1.165, 1.54) is 85.9 Å². The number of hydrogen-bond donors (Lipinski definition) is 1. The number of fused-ring (bicyclic) bond motifs is 1. The van der Waals surface area contributed by atoms with Crippen molar-refractivity contribution in [2.45, 2.75) is 75.8 Å². The lowest BCUT2D eigenvalue weighted by Crippen LogP contribution is -2.54. The van der Waals surface area contributed by atoms with Gasteiger partial charge in [-0.2, -0.15) is 0 Å². The Kier molecular flexibility index (Phi) is 4.64. The molecule has 172 valence electrons. The fourth-order valence-electron chi connectivity index (χ4n) is 8.03. The first-order valence-corrected chi connectivity index (χ1v) is 13.3. The zero-order valence-corrected chi connectivity index (χ0v) is 19.9. The van der Waals surface area contributed by atoms with E-state index < -0.39 is 0 Å². The molecule has 0 amide bonds. The molecule has 5 aliphatic carbocycles. The molecule has 3 nitrogen and oxygen atoms in total. The first-order chi connectivity index (χ1) is 16.1. The Balaban J connectivity index is 1.16. The molecule has 4 bridgehead atoms. The largest absolute Gasteiger partial charge is 0.497 e. The molecule has 33 heavy (non-hydrogen) atoms. The number of methoxy groups -OCH3 is 1.